The highest BCUT2D eigenvalue weighted by molar-refractivity contribution is 6.32. The van der Waals surface area contributed by atoms with Gasteiger partial charge in [0.1, 0.15) is 17.3 Å². The van der Waals surface area contributed by atoms with E-state index in [-0.39, 0.29) is 11.1 Å². The van der Waals surface area contributed by atoms with Gasteiger partial charge in [-0.05, 0) is 37.3 Å². The second-order valence-electron chi connectivity index (χ2n) is 5.88. The minimum atomic E-state index is -0.142. The minimum absolute atomic E-state index is 0.142. The van der Waals surface area contributed by atoms with E-state index in [1.807, 2.05) is 6.07 Å². The Bertz CT molecular complexity index is 540. The molecule has 22 heavy (non-hydrogen) atoms. The van der Waals surface area contributed by atoms with E-state index in [4.69, 9.17) is 11.6 Å². The van der Waals surface area contributed by atoms with Crippen LogP contribution in [0.2, 0.25) is 5.15 Å². The summed E-state index contributed by atoms with van der Waals surface area (Å²) in [4.78, 5) is 30.4. The third-order valence-electron chi connectivity index (χ3n) is 4.10. The number of rotatable bonds is 5. The molecule has 1 amide bonds. The van der Waals surface area contributed by atoms with Gasteiger partial charge in [-0.25, -0.2) is 4.98 Å². The predicted octanol–water partition coefficient (Wildman–Crippen LogP) is 2.63. The van der Waals surface area contributed by atoms with Gasteiger partial charge in [0.2, 0.25) is 0 Å². The summed E-state index contributed by atoms with van der Waals surface area (Å²) in [6, 6.07) is 3.60. The van der Waals surface area contributed by atoms with Crippen LogP contribution in [0.25, 0.3) is 0 Å². The van der Waals surface area contributed by atoms with Gasteiger partial charge >= 0.3 is 0 Å². The number of anilines is 1. The van der Waals surface area contributed by atoms with E-state index in [0.717, 1.165) is 44.5 Å². The molecular weight excluding hydrogens is 302 g/mol. The van der Waals surface area contributed by atoms with Crippen LogP contribution in [0.15, 0.2) is 12.1 Å². The van der Waals surface area contributed by atoms with E-state index >= 15 is 0 Å². The molecule has 0 aliphatic carbocycles. The Balaban J connectivity index is 2.01. The highest BCUT2D eigenvalue weighted by Crippen LogP contribution is 2.26. The van der Waals surface area contributed by atoms with Crippen molar-refractivity contribution in [1.82, 2.24) is 9.88 Å². The molecular formula is C16H22ClN3O2. The second kappa shape index (κ2) is 7.58. The van der Waals surface area contributed by atoms with E-state index in [1.54, 1.807) is 20.2 Å². The van der Waals surface area contributed by atoms with Gasteiger partial charge in [-0.1, -0.05) is 11.6 Å². The Morgan fingerprint density at radius 3 is 2.64 bits per heavy atom. The summed E-state index contributed by atoms with van der Waals surface area (Å²) < 4.78 is 0. The SMILES string of the molecule is CN(C)C(=O)c1ccc(N2CCC(CCC=O)CC2)nc1Cl. The van der Waals surface area contributed by atoms with Crippen LogP contribution >= 0.6 is 11.6 Å². The van der Waals surface area contributed by atoms with Crippen molar-refractivity contribution in [2.45, 2.75) is 25.7 Å². The number of carbonyl (C=O) groups is 2. The Hall–Kier alpha value is -1.62. The number of halogens is 1. The fraction of sp³-hybridized carbons (Fsp3) is 0.562. The summed E-state index contributed by atoms with van der Waals surface area (Å²) in [5.41, 5.74) is 0.427. The summed E-state index contributed by atoms with van der Waals surface area (Å²) in [5, 5.41) is 0.249. The zero-order chi connectivity index (χ0) is 16.1. The molecule has 120 valence electrons. The lowest BCUT2D eigenvalue weighted by molar-refractivity contribution is -0.108. The molecule has 0 N–H and O–H groups in total. The molecule has 1 saturated heterocycles. The molecule has 0 saturated carbocycles. The largest absolute Gasteiger partial charge is 0.357 e. The lowest BCUT2D eigenvalue weighted by atomic mass is 9.92. The van der Waals surface area contributed by atoms with Crippen molar-refractivity contribution in [1.29, 1.82) is 0 Å². The third kappa shape index (κ3) is 3.97. The number of pyridine rings is 1. The molecule has 0 bridgehead atoms. The second-order valence-corrected chi connectivity index (χ2v) is 6.24. The Morgan fingerprint density at radius 1 is 1.41 bits per heavy atom. The summed E-state index contributed by atoms with van der Waals surface area (Å²) in [7, 11) is 3.38. The van der Waals surface area contributed by atoms with E-state index in [2.05, 4.69) is 9.88 Å². The van der Waals surface area contributed by atoms with Gasteiger partial charge in [0.15, 0.2) is 0 Å². The van der Waals surface area contributed by atoms with Crippen LogP contribution in [0.5, 0.6) is 0 Å². The number of hydrogen-bond donors (Lipinski definition) is 0. The van der Waals surface area contributed by atoms with Crippen molar-refractivity contribution < 1.29 is 9.59 Å². The summed E-state index contributed by atoms with van der Waals surface area (Å²) in [6.45, 7) is 1.82. The maximum atomic E-state index is 12.0. The number of carbonyl (C=O) groups excluding carboxylic acids is 2. The first kappa shape index (κ1) is 16.7. The van der Waals surface area contributed by atoms with Crippen LogP contribution < -0.4 is 4.90 Å². The monoisotopic (exact) mass is 323 g/mol. The lowest BCUT2D eigenvalue weighted by Gasteiger charge is -2.32. The zero-order valence-electron chi connectivity index (χ0n) is 13.1. The van der Waals surface area contributed by atoms with Crippen molar-refractivity contribution in [2.24, 2.45) is 5.92 Å². The minimum Gasteiger partial charge on any atom is -0.357 e. The van der Waals surface area contributed by atoms with E-state index in [1.165, 1.54) is 4.90 Å². The summed E-state index contributed by atoms with van der Waals surface area (Å²) in [5.74, 6) is 1.29. The molecule has 1 fully saturated rings. The average molecular weight is 324 g/mol. The highest BCUT2D eigenvalue weighted by Gasteiger charge is 2.21. The number of piperidine rings is 1. The van der Waals surface area contributed by atoms with Crippen LogP contribution in [0.1, 0.15) is 36.0 Å². The van der Waals surface area contributed by atoms with E-state index in [0.29, 0.717) is 17.9 Å². The number of aromatic nitrogens is 1. The fourth-order valence-corrected chi connectivity index (χ4v) is 2.99. The van der Waals surface area contributed by atoms with Gasteiger partial charge in [0.05, 0.1) is 5.56 Å². The van der Waals surface area contributed by atoms with Crippen molar-refractivity contribution >= 4 is 29.6 Å². The van der Waals surface area contributed by atoms with Gasteiger partial charge < -0.3 is 14.6 Å². The quantitative estimate of drug-likeness (QED) is 0.617. The van der Waals surface area contributed by atoms with Gasteiger partial charge in [0, 0.05) is 33.6 Å². The molecule has 1 aliphatic heterocycles. The van der Waals surface area contributed by atoms with Crippen molar-refractivity contribution in [3.8, 4) is 0 Å². The maximum absolute atomic E-state index is 12.0. The van der Waals surface area contributed by atoms with Crippen LogP contribution in [0.3, 0.4) is 0 Å². The lowest BCUT2D eigenvalue weighted by Crippen LogP contribution is -2.34. The molecule has 0 unspecified atom stereocenters. The first-order valence-electron chi connectivity index (χ1n) is 7.59. The summed E-state index contributed by atoms with van der Waals surface area (Å²) >= 11 is 6.16. The molecule has 1 aromatic heterocycles. The van der Waals surface area contributed by atoms with Crippen LogP contribution in [0.4, 0.5) is 5.82 Å². The standard InChI is InChI=1S/C16H22ClN3O2/c1-19(2)16(22)13-5-6-14(18-15(13)17)20-9-7-12(8-10-20)4-3-11-21/h5-6,11-12H,3-4,7-10H2,1-2H3. The van der Waals surface area contributed by atoms with Gasteiger partial charge in [0.25, 0.3) is 5.91 Å². The number of hydrogen-bond acceptors (Lipinski definition) is 4. The van der Waals surface area contributed by atoms with Crippen molar-refractivity contribution in [3.05, 3.63) is 22.8 Å². The van der Waals surface area contributed by atoms with Gasteiger partial charge in [-0.15, -0.1) is 0 Å². The molecule has 0 radical (unpaired) electrons. The Labute approximate surface area is 136 Å². The zero-order valence-corrected chi connectivity index (χ0v) is 13.8. The normalized spacial score (nSPS) is 15.7. The predicted molar refractivity (Wildman–Crippen MR) is 87.5 cm³/mol. The number of amides is 1. The van der Waals surface area contributed by atoms with Gasteiger partial charge in [-0.2, -0.15) is 0 Å². The van der Waals surface area contributed by atoms with Crippen molar-refractivity contribution in [2.75, 3.05) is 32.1 Å². The molecule has 5 nitrogen and oxygen atoms in total. The molecule has 0 atom stereocenters. The smallest absolute Gasteiger partial charge is 0.256 e. The van der Waals surface area contributed by atoms with E-state index in [9.17, 15) is 9.59 Å². The Kier molecular flexibility index (Phi) is 5.77. The molecule has 0 spiro atoms. The van der Waals surface area contributed by atoms with Crippen LogP contribution in [-0.4, -0.2) is 49.3 Å². The van der Waals surface area contributed by atoms with Crippen LogP contribution in [-0.2, 0) is 4.79 Å². The van der Waals surface area contributed by atoms with E-state index < -0.39 is 0 Å². The molecule has 2 heterocycles. The molecule has 1 aliphatic rings. The first-order valence-corrected chi connectivity index (χ1v) is 7.97. The van der Waals surface area contributed by atoms with Crippen LogP contribution in [0, 0.1) is 5.92 Å². The topological polar surface area (TPSA) is 53.5 Å². The van der Waals surface area contributed by atoms with Crippen molar-refractivity contribution in [3.63, 3.8) is 0 Å². The number of nitrogens with zero attached hydrogens (tertiary/aromatic N) is 3. The third-order valence-corrected chi connectivity index (χ3v) is 4.39. The molecule has 6 heteroatoms. The maximum Gasteiger partial charge on any atom is 0.256 e. The molecule has 2 rings (SSSR count). The fourth-order valence-electron chi connectivity index (χ4n) is 2.76. The highest BCUT2D eigenvalue weighted by atomic mass is 35.5. The summed E-state index contributed by atoms with van der Waals surface area (Å²) in [6.07, 6.45) is 4.74. The Morgan fingerprint density at radius 2 is 2.09 bits per heavy atom. The molecule has 1 aromatic rings. The first-order chi connectivity index (χ1) is 10.5. The average Bonchev–Trinajstić information content (AvgIpc) is 2.52. The van der Waals surface area contributed by atoms with Gasteiger partial charge in [-0.3, -0.25) is 4.79 Å². The number of aldehydes is 1. The molecule has 0 aromatic carbocycles.